The van der Waals surface area contributed by atoms with Gasteiger partial charge in [-0.2, -0.15) is 0 Å². The van der Waals surface area contributed by atoms with Crippen LogP contribution < -0.4 is 10.9 Å². The van der Waals surface area contributed by atoms with E-state index in [2.05, 4.69) is 11.9 Å². The van der Waals surface area contributed by atoms with E-state index < -0.39 is 0 Å². The minimum absolute atomic E-state index is 0.0490. The van der Waals surface area contributed by atoms with Crippen molar-refractivity contribution >= 4 is 38.9 Å². The molecule has 0 atom stereocenters. The standard InChI is InChI=1S/C31H22N4O3S/c1-19(26-13-8-18-38-26)32-31-34-27(22-9-4-3-5-10-22)28(39-31)29-33-25-12-7-6-11-24(25)30(37)35(29)23-16-14-21(15-17-23)20(2)36/h3-18H,1H2,2H3,(H,32,34). The molecule has 3 aromatic carbocycles. The van der Waals surface area contributed by atoms with Crippen molar-refractivity contribution in [3.63, 3.8) is 0 Å². The number of Topliss-reactive ketones (excluding diaryl/α,β-unsaturated/α-hetero) is 1. The Kier molecular flexibility index (Phi) is 6.22. The SMILES string of the molecule is C=C(Nc1nc(-c2ccccc2)c(-c2nc3ccccc3c(=O)n2-c2ccc(C(C)=O)cc2)s1)c1ccco1. The van der Waals surface area contributed by atoms with Crippen LogP contribution in [0.1, 0.15) is 23.0 Å². The highest BCUT2D eigenvalue weighted by Gasteiger charge is 2.23. The largest absolute Gasteiger partial charge is 0.463 e. The van der Waals surface area contributed by atoms with E-state index >= 15 is 0 Å². The number of rotatable bonds is 7. The molecular formula is C31H22N4O3S. The van der Waals surface area contributed by atoms with E-state index in [1.54, 1.807) is 47.2 Å². The van der Waals surface area contributed by atoms with Crippen LogP contribution in [0.15, 0.2) is 113 Å². The van der Waals surface area contributed by atoms with Crippen molar-refractivity contribution in [1.82, 2.24) is 14.5 Å². The molecule has 7 nitrogen and oxygen atoms in total. The van der Waals surface area contributed by atoms with Crippen LogP contribution in [-0.2, 0) is 0 Å². The summed E-state index contributed by atoms with van der Waals surface area (Å²) in [6.07, 6.45) is 1.58. The maximum absolute atomic E-state index is 13.9. The Bertz CT molecular complexity index is 1890. The molecule has 0 saturated heterocycles. The van der Waals surface area contributed by atoms with Crippen LogP contribution in [0.4, 0.5) is 5.13 Å². The summed E-state index contributed by atoms with van der Waals surface area (Å²) in [6, 6.07) is 27.6. The number of anilines is 1. The minimum Gasteiger partial charge on any atom is -0.463 e. The number of carbonyl (C=O) groups excluding carboxylic acids is 1. The molecule has 0 radical (unpaired) electrons. The Morgan fingerprint density at radius 3 is 2.38 bits per heavy atom. The van der Waals surface area contributed by atoms with Crippen LogP contribution >= 0.6 is 11.3 Å². The predicted molar refractivity (Wildman–Crippen MR) is 155 cm³/mol. The van der Waals surface area contributed by atoms with Gasteiger partial charge < -0.3 is 9.73 Å². The maximum Gasteiger partial charge on any atom is 0.266 e. The van der Waals surface area contributed by atoms with E-state index in [0.717, 1.165) is 5.56 Å². The van der Waals surface area contributed by atoms with Gasteiger partial charge in [0.15, 0.2) is 16.7 Å². The summed E-state index contributed by atoms with van der Waals surface area (Å²) in [4.78, 5) is 36.4. The molecule has 39 heavy (non-hydrogen) atoms. The number of hydrogen-bond donors (Lipinski definition) is 1. The summed E-state index contributed by atoms with van der Waals surface area (Å²) in [6.45, 7) is 5.60. The zero-order valence-electron chi connectivity index (χ0n) is 20.9. The molecule has 0 unspecified atom stereocenters. The molecule has 0 bridgehead atoms. The Labute approximate surface area is 227 Å². The van der Waals surface area contributed by atoms with Gasteiger partial charge in [-0.1, -0.05) is 60.4 Å². The molecule has 3 heterocycles. The highest BCUT2D eigenvalue weighted by Crippen LogP contribution is 2.40. The second-order valence-corrected chi connectivity index (χ2v) is 9.84. The summed E-state index contributed by atoms with van der Waals surface area (Å²) in [5.74, 6) is 0.994. The second-order valence-electron chi connectivity index (χ2n) is 8.84. The first-order valence-electron chi connectivity index (χ1n) is 12.2. The van der Waals surface area contributed by atoms with Gasteiger partial charge in [-0.25, -0.2) is 9.97 Å². The van der Waals surface area contributed by atoms with Crippen molar-refractivity contribution in [2.45, 2.75) is 6.92 Å². The van der Waals surface area contributed by atoms with Crippen LogP contribution in [0.25, 0.3) is 44.2 Å². The Morgan fingerprint density at radius 2 is 1.67 bits per heavy atom. The highest BCUT2D eigenvalue weighted by molar-refractivity contribution is 7.19. The number of carbonyl (C=O) groups is 1. The van der Waals surface area contributed by atoms with Crippen LogP contribution in [0.2, 0.25) is 0 Å². The third-order valence-electron chi connectivity index (χ3n) is 6.26. The van der Waals surface area contributed by atoms with Gasteiger partial charge >= 0.3 is 0 Å². The van der Waals surface area contributed by atoms with Gasteiger partial charge in [0.25, 0.3) is 5.56 Å². The van der Waals surface area contributed by atoms with Crippen LogP contribution in [0.3, 0.4) is 0 Å². The third kappa shape index (κ3) is 4.58. The topological polar surface area (TPSA) is 90.0 Å². The number of nitrogens with one attached hydrogen (secondary N) is 1. The second kappa shape index (κ2) is 10.00. The smallest absolute Gasteiger partial charge is 0.266 e. The van der Waals surface area contributed by atoms with Crippen molar-refractivity contribution in [2.24, 2.45) is 0 Å². The molecule has 1 N–H and O–H groups in total. The van der Waals surface area contributed by atoms with E-state index in [0.29, 0.717) is 55.1 Å². The molecule has 3 aromatic heterocycles. The van der Waals surface area contributed by atoms with Crippen molar-refractivity contribution in [1.29, 1.82) is 0 Å². The zero-order chi connectivity index (χ0) is 26.9. The number of fused-ring (bicyclic) bond motifs is 1. The lowest BCUT2D eigenvalue weighted by Crippen LogP contribution is -2.22. The number of hydrogen-bond acceptors (Lipinski definition) is 7. The lowest BCUT2D eigenvalue weighted by atomic mass is 10.1. The van der Waals surface area contributed by atoms with Crippen molar-refractivity contribution in [2.75, 3.05) is 5.32 Å². The van der Waals surface area contributed by atoms with Crippen LogP contribution in [0, 0.1) is 0 Å². The fourth-order valence-electron chi connectivity index (χ4n) is 4.33. The van der Waals surface area contributed by atoms with E-state index in [4.69, 9.17) is 14.4 Å². The number of ketones is 1. The summed E-state index contributed by atoms with van der Waals surface area (Å²) in [5.41, 5.74) is 3.63. The van der Waals surface area contributed by atoms with Gasteiger partial charge in [0.05, 0.1) is 34.2 Å². The minimum atomic E-state index is -0.215. The Balaban J connectivity index is 1.59. The van der Waals surface area contributed by atoms with Crippen molar-refractivity contribution in [3.8, 4) is 27.6 Å². The molecule has 8 heteroatoms. The number of nitrogens with zero attached hydrogens (tertiary/aromatic N) is 3. The summed E-state index contributed by atoms with van der Waals surface area (Å²) in [5, 5.41) is 4.31. The molecule has 6 aromatic rings. The molecule has 0 spiro atoms. The monoisotopic (exact) mass is 530 g/mol. The maximum atomic E-state index is 13.9. The lowest BCUT2D eigenvalue weighted by molar-refractivity contribution is 0.101. The fourth-order valence-corrected chi connectivity index (χ4v) is 5.32. The third-order valence-corrected chi connectivity index (χ3v) is 7.23. The van der Waals surface area contributed by atoms with E-state index in [-0.39, 0.29) is 11.3 Å². The van der Waals surface area contributed by atoms with Crippen molar-refractivity contribution < 1.29 is 9.21 Å². The van der Waals surface area contributed by atoms with Crippen LogP contribution in [0.5, 0.6) is 0 Å². The van der Waals surface area contributed by atoms with E-state index in [1.807, 2.05) is 54.6 Å². The molecule has 190 valence electrons. The fraction of sp³-hybridized carbons (Fsp3) is 0.0323. The quantitative estimate of drug-likeness (QED) is 0.222. The lowest BCUT2D eigenvalue weighted by Gasteiger charge is -2.14. The average Bonchev–Trinajstić information content (AvgIpc) is 3.65. The number of thiazole rings is 1. The first kappa shape index (κ1) is 24.3. The molecule has 0 aliphatic carbocycles. The zero-order valence-corrected chi connectivity index (χ0v) is 21.7. The molecule has 0 amide bonds. The number of para-hydroxylation sites is 1. The van der Waals surface area contributed by atoms with Crippen LogP contribution in [-0.4, -0.2) is 20.3 Å². The normalized spacial score (nSPS) is 11.0. The molecule has 0 saturated carbocycles. The van der Waals surface area contributed by atoms with Gasteiger partial charge in [-0.15, -0.1) is 0 Å². The number of furan rings is 1. The molecule has 0 aliphatic heterocycles. The first-order valence-corrected chi connectivity index (χ1v) is 13.0. The predicted octanol–water partition coefficient (Wildman–Crippen LogP) is 7.05. The molecule has 6 rings (SSSR count). The van der Waals surface area contributed by atoms with Gasteiger partial charge in [0.2, 0.25) is 0 Å². The molecule has 0 fully saturated rings. The summed E-state index contributed by atoms with van der Waals surface area (Å²) in [7, 11) is 0. The van der Waals surface area contributed by atoms with Crippen molar-refractivity contribution in [3.05, 3.63) is 126 Å². The Morgan fingerprint density at radius 1 is 0.923 bits per heavy atom. The number of benzene rings is 3. The van der Waals surface area contributed by atoms with Gasteiger partial charge in [-0.3, -0.25) is 14.2 Å². The summed E-state index contributed by atoms with van der Waals surface area (Å²) < 4.78 is 7.05. The highest BCUT2D eigenvalue weighted by atomic mass is 32.1. The van der Waals surface area contributed by atoms with E-state index in [1.165, 1.54) is 18.3 Å². The Hall–Kier alpha value is -5.08. The van der Waals surface area contributed by atoms with Gasteiger partial charge in [0.1, 0.15) is 10.6 Å². The first-order chi connectivity index (χ1) is 19.0. The average molecular weight is 531 g/mol. The van der Waals surface area contributed by atoms with Gasteiger partial charge in [-0.05, 0) is 55.5 Å². The summed E-state index contributed by atoms with van der Waals surface area (Å²) >= 11 is 1.37. The molecule has 0 aliphatic rings. The number of aromatic nitrogens is 3. The van der Waals surface area contributed by atoms with E-state index in [9.17, 15) is 9.59 Å². The van der Waals surface area contributed by atoms with Gasteiger partial charge in [0, 0.05) is 11.1 Å². The molecular weight excluding hydrogens is 508 g/mol.